The molecule has 24 heavy (non-hydrogen) atoms. The lowest BCUT2D eigenvalue weighted by Gasteiger charge is -2.38. The van der Waals surface area contributed by atoms with Gasteiger partial charge in [-0.2, -0.15) is 0 Å². The minimum atomic E-state index is -0.795. The van der Waals surface area contributed by atoms with Crippen molar-refractivity contribution in [2.75, 3.05) is 31.1 Å². The van der Waals surface area contributed by atoms with E-state index in [2.05, 4.69) is 14.9 Å². The second-order valence-electron chi connectivity index (χ2n) is 7.08. The predicted octanol–water partition coefficient (Wildman–Crippen LogP) is 0.872. The van der Waals surface area contributed by atoms with E-state index in [4.69, 9.17) is 0 Å². The maximum Gasteiger partial charge on any atom is 0.307 e. The molecule has 2 heterocycles. The van der Waals surface area contributed by atoms with E-state index in [0.29, 0.717) is 32.1 Å². The summed E-state index contributed by atoms with van der Waals surface area (Å²) in [4.78, 5) is 37.0. The van der Waals surface area contributed by atoms with Gasteiger partial charge in [0.1, 0.15) is 0 Å². The molecule has 1 aromatic heterocycles. The first-order valence-electron chi connectivity index (χ1n) is 8.68. The molecule has 4 rings (SSSR count). The van der Waals surface area contributed by atoms with Crippen LogP contribution in [0.1, 0.15) is 19.3 Å². The zero-order chi connectivity index (χ0) is 16.7. The van der Waals surface area contributed by atoms with Gasteiger partial charge in [-0.15, -0.1) is 0 Å². The Labute approximate surface area is 140 Å². The maximum absolute atomic E-state index is 13.0. The highest BCUT2D eigenvalue weighted by Crippen LogP contribution is 2.53. The third kappa shape index (κ3) is 2.52. The SMILES string of the molecule is O=C(O)C1C2CCC(C2)C1C(=O)N1CCN(c2ncccn2)CC1. The number of aromatic nitrogens is 2. The van der Waals surface area contributed by atoms with Crippen molar-refractivity contribution >= 4 is 17.8 Å². The molecule has 3 fully saturated rings. The van der Waals surface area contributed by atoms with Gasteiger partial charge in [0, 0.05) is 38.6 Å². The van der Waals surface area contributed by atoms with Crippen LogP contribution in [0.2, 0.25) is 0 Å². The zero-order valence-corrected chi connectivity index (χ0v) is 13.5. The van der Waals surface area contributed by atoms with Gasteiger partial charge >= 0.3 is 5.97 Å². The smallest absolute Gasteiger partial charge is 0.307 e. The Morgan fingerprint density at radius 1 is 1.00 bits per heavy atom. The van der Waals surface area contributed by atoms with Gasteiger partial charge in [0.05, 0.1) is 11.8 Å². The molecule has 1 aromatic rings. The van der Waals surface area contributed by atoms with E-state index in [1.165, 1.54) is 0 Å². The lowest BCUT2D eigenvalue weighted by molar-refractivity contribution is -0.153. The second-order valence-corrected chi connectivity index (χ2v) is 7.08. The van der Waals surface area contributed by atoms with Crippen LogP contribution >= 0.6 is 0 Å². The minimum Gasteiger partial charge on any atom is -0.481 e. The van der Waals surface area contributed by atoms with Crippen LogP contribution in [-0.4, -0.2) is 58.0 Å². The van der Waals surface area contributed by atoms with Gasteiger partial charge in [-0.3, -0.25) is 9.59 Å². The molecule has 2 saturated carbocycles. The van der Waals surface area contributed by atoms with Crippen LogP contribution in [0, 0.1) is 23.7 Å². The Bertz CT molecular complexity index is 630. The lowest BCUT2D eigenvalue weighted by atomic mass is 9.78. The molecule has 2 bridgehead atoms. The van der Waals surface area contributed by atoms with Crippen LogP contribution in [0.25, 0.3) is 0 Å². The summed E-state index contributed by atoms with van der Waals surface area (Å²) in [7, 11) is 0. The van der Waals surface area contributed by atoms with Crippen molar-refractivity contribution in [3.63, 3.8) is 0 Å². The molecule has 7 heteroatoms. The number of anilines is 1. The fourth-order valence-electron chi connectivity index (χ4n) is 4.79. The molecule has 1 aliphatic heterocycles. The minimum absolute atomic E-state index is 0.0447. The molecule has 4 unspecified atom stereocenters. The van der Waals surface area contributed by atoms with E-state index in [-0.39, 0.29) is 23.7 Å². The van der Waals surface area contributed by atoms with Gasteiger partial charge in [-0.25, -0.2) is 9.97 Å². The normalized spacial score (nSPS) is 32.2. The number of amides is 1. The standard InChI is InChI=1S/C17H22N4O3/c22-15(13-11-2-3-12(10-11)14(13)16(23)24)20-6-8-21(9-7-20)17-18-4-1-5-19-17/h1,4-5,11-14H,2-3,6-10H2,(H,23,24). The fraction of sp³-hybridized carbons (Fsp3) is 0.647. The second kappa shape index (κ2) is 6.03. The van der Waals surface area contributed by atoms with Crippen molar-refractivity contribution in [2.45, 2.75) is 19.3 Å². The first-order valence-corrected chi connectivity index (χ1v) is 8.68. The molecular weight excluding hydrogens is 308 g/mol. The van der Waals surface area contributed by atoms with Gasteiger partial charge in [-0.05, 0) is 37.2 Å². The quantitative estimate of drug-likeness (QED) is 0.885. The van der Waals surface area contributed by atoms with E-state index in [1.807, 2.05) is 4.90 Å². The highest BCUT2D eigenvalue weighted by atomic mass is 16.4. The number of nitrogens with zero attached hydrogens (tertiary/aromatic N) is 4. The van der Waals surface area contributed by atoms with E-state index in [0.717, 1.165) is 19.3 Å². The fourth-order valence-corrected chi connectivity index (χ4v) is 4.79. The zero-order valence-electron chi connectivity index (χ0n) is 13.5. The number of carboxylic acid groups (broad SMARTS) is 1. The molecule has 0 radical (unpaired) electrons. The van der Waals surface area contributed by atoms with Crippen molar-refractivity contribution < 1.29 is 14.7 Å². The Morgan fingerprint density at radius 2 is 1.62 bits per heavy atom. The number of aliphatic carboxylic acids is 1. The average Bonchev–Trinajstić information content (AvgIpc) is 3.23. The summed E-state index contributed by atoms with van der Waals surface area (Å²) in [5.41, 5.74) is 0. The molecule has 3 aliphatic rings. The molecule has 0 aromatic carbocycles. The molecule has 7 nitrogen and oxygen atoms in total. The number of carbonyl (C=O) groups is 2. The number of hydrogen-bond acceptors (Lipinski definition) is 5. The van der Waals surface area contributed by atoms with Gasteiger partial charge in [0.15, 0.2) is 0 Å². The summed E-state index contributed by atoms with van der Waals surface area (Å²) in [6.07, 6.45) is 6.30. The molecule has 2 aliphatic carbocycles. The monoisotopic (exact) mass is 330 g/mol. The Kier molecular flexibility index (Phi) is 3.86. The third-order valence-corrected chi connectivity index (χ3v) is 5.91. The van der Waals surface area contributed by atoms with Crippen molar-refractivity contribution in [3.05, 3.63) is 18.5 Å². The van der Waals surface area contributed by atoms with E-state index >= 15 is 0 Å². The number of carbonyl (C=O) groups excluding carboxylic acids is 1. The number of piperazine rings is 1. The summed E-state index contributed by atoms with van der Waals surface area (Å²) >= 11 is 0. The van der Waals surface area contributed by atoms with Crippen LogP contribution in [0.4, 0.5) is 5.95 Å². The largest absolute Gasteiger partial charge is 0.481 e. The van der Waals surface area contributed by atoms with Crippen molar-refractivity contribution in [1.29, 1.82) is 0 Å². The molecule has 1 N–H and O–H groups in total. The number of fused-ring (bicyclic) bond motifs is 2. The van der Waals surface area contributed by atoms with Crippen molar-refractivity contribution in [2.24, 2.45) is 23.7 Å². The molecule has 1 saturated heterocycles. The van der Waals surface area contributed by atoms with Gasteiger partial charge < -0.3 is 14.9 Å². The topological polar surface area (TPSA) is 86.6 Å². The Balaban J connectivity index is 1.42. The summed E-state index contributed by atoms with van der Waals surface area (Å²) in [5, 5.41) is 9.55. The Morgan fingerprint density at radius 3 is 2.25 bits per heavy atom. The molecule has 128 valence electrons. The van der Waals surface area contributed by atoms with Crippen LogP contribution in [0.15, 0.2) is 18.5 Å². The summed E-state index contributed by atoms with van der Waals surface area (Å²) in [5.74, 6) is -0.403. The van der Waals surface area contributed by atoms with E-state index in [1.54, 1.807) is 18.5 Å². The molecular formula is C17H22N4O3. The van der Waals surface area contributed by atoms with Crippen LogP contribution < -0.4 is 4.90 Å². The first kappa shape index (κ1) is 15.4. The predicted molar refractivity (Wildman–Crippen MR) is 86.3 cm³/mol. The van der Waals surface area contributed by atoms with Crippen molar-refractivity contribution in [1.82, 2.24) is 14.9 Å². The van der Waals surface area contributed by atoms with Crippen molar-refractivity contribution in [3.8, 4) is 0 Å². The number of hydrogen-bond donors (Lipinski definition) is 1. The van der Waals surface area contributed by atoms with E-state index in [9.17, 15) is 14.7 Å². The van der Waals surface area contributed by atoms with Gasteiger partial charge in [0.2, 0.25) is 11.9 Å². The number of rotatable bonds is 3. The van der Waals surface area contributed by atoms with Gasteiger partial charge in [-0.1, -0.05) is 0 Å². The molecule has 0 spiro atoms. The van der Waals surface area contributed by atoms with Crippen LogP contribution in [0.5, 0.6) is 0 Å². The summed E-state index contributed by atoms with van der Waals surface area (Å²) < 4.78 is 0. The molecule has 1 amide bonds. The van der Waals surface area contributed by atoms with E-state index < -0.39 is 11.9 Å². The summed E-state index contributed by atoms with van der Waals surface area (Å²) in [6, 6.07) is 1.78. The van der Waals surface area contributed by atoms with Gasteiger partial charge in [0.25, 0.3) is 0 Å². The average molecular weight is 330 g/mol. The maximum atomic E-state index is 13.0. The summed E-state index contributed by atoms with van der Waals surface area (Å²) in [6.45, 7) is 2.59. The number of carboxylic acids is 1. The lowest BCUT2D eigenvalue weighted by Crippen LogP contribution is -2.52. The van der Waals surface area contributed by atoms with Crippen LogP contribution in [-0.2, 0) is 9.59 Å². The van der Waals surface area contributed by atoms with Crippen LogP contribution in [0.3, 0.4) is 0 Å². The first-order chi connectivity index (χ1) is 11.6. The highest BCUT2D eigenvalue weighted by molar-refractivity contribution is 5.86. The molecule has 4 atom stereocenters. The highest BCUT2D eigenvalue weighted by Gasteiger charge is 2.54. The Hall–Kier alpha value is -2.18. The third-order valence-electron chi connectivity index (χ3n) is 5.91.